The SMILES string of the molecule is O=C(Cc1ccccc1[N+](=O)[O-])NCC(O)C(=O)O. The molecule has 0 aromatic heterocycles. The number of para-hydroxylation sites is 1. The molecule has 3 N–H and O–H groups in total. The average Bonchev–Trinajstić information content (AvgIpc) is 2.36. The standard InChI is InChI=1S/C11H12N2O6/c14-9(11(16)17)6-12-10(15)5-7-3-1-2-4-8(7)13(18)19/h1-4,9,14H,5-6H2,(H,12,15)(H,16,17). The number of carboxylic acids is 1. The fourth-order valence-corrected chi connectivity index (χ4v) is 1.37. The first-order chi connectivity index (χ1) is 8.91. The zero-order chi connectivity index (χ0) is 14.4. The highest BCUT2D eigenvalue weighted by Crippen LogP contribution is 2.17. The summed E-state index contributed by atoms with van der Waals surface area (Å²) < 4.78 is 0. The minimum atomic E-state index is -1.70. The Kier molecular flexibility index (Phi) is 4.95. The van der Waals surface area contributed by atoms with Crippen molar-refractivity contribution in [2.75, 3.05) is 6.54 Å². The smallest absolute Gasteiger partial charge is 0.334 e. The van der Waals surface area contributed by atoms with Gasteiger partial charge in [-0.1, -0.05) is 18.2 Å². The monoisotopic (exact) mass is 268 g/mol. The molecule has 102 valence electrons. The number of hydrogen-bond donors (Lipinski definition) is 3. The number of aliphatic hydroxyl groups is 1. The van der Waals surface area contributed by atoms with Gasteiger partial charge in [0, 0.05) is 11.6 Å². The molecule has 1 aromatic rings. The first-order valence-corrected chi connectivity index (χ1v) is 5.31. The largest absolute Gasteiger partial charge is 0.479 e. The van der Waals surface area contributed by atoms with Crippen molar-refractivity contribution in [2.24, 2.45) is 0 Å². The summed E-state index contributed by atoms with van der Waals surface area (Å²) in [6.07, 6.45) is -1.96. The molecule has 8 nitrogen and oxygen atoms in total. The number of rotatable bonds is 6. The number of aliphatic hydroxyl groups excluding tert-OH is 1. The predicted octanol–water partition coefficient (Wildman–Crippen LogP) is -0.301. The molecule has 0 bridgehead atoms. The van der Waals surface area contributed by atoms with E-state index in [-0.39, 0.29) is 17.7 Å². The second kappa shape index (κ2) is 6.45. The van der Waals surface area contributed by atoms with Crippen LogP contribution < -0.4 is 5.32 Å². The molecule has 0 saturated carbocycles. The van der Waals surface area contributed by atoms with Gasteiger partial charge in [0.1, 0.15) is 0 Å². The minimum absolute atomic E-state index is 0.184. The van der Waals surface area contributed by atoms with Crippen molar-refractivity contribution < 1.29 is 24.7 Å². The van der Waals surface area contributed by atoms with E-state index in [0.29, 0.717) is 0 Å². The molecule has 0 radical (unpaired) electrons. The quantitative estimate of drug-likeness (QED) is 0.479. The van der Waals surface area contributed by atoms with Gasteiger partial charge in [-0.25, -0.2) is 4.79 Å². The number of nitrogens with one attached hydrogen (secondary N) is 1. The summed E-state index contributed by atoms with van der Waals surface area (Å²) in [5.74, 6) is -2.06. The van der Waals surface area contributed by atoms with Gasteiger partial charge in [-0.3, -0.25) is 14.9 Å². The van der Waals surface area contributed by atoms with E-state index in [1.54, 1.807) is 6.07 Å². The third-order valence-electron chi connectivity index (χ3n) is 2.32. The molecular weight excluding hydrogens is 256 g/mol. The molecule has 1 rings (SSSR count). The molecule has 1 aromatic carbocycles. The van der Waals surface area contributed by atoms with Gasteiger partial charge in [0.15, 0.2) is 6.10 Å². The molecule has 0 saturated heterocycles. The van der Waals surface area contributed by atoms with Gasteiger partial charge in [0.05, 0.1) is 17.9 Å². The number of carbonyl (C=O) groups excluding carboxylic acids is 1. The Morgan fingerprint density at radius 3 is 2.58 bits per heavy atom. The van der Waals surface area contributed by atoms with Gasteiger partial charge < -0.3 is 15.5 Å². The van der Waals surface area contributed by atoms with Crippen molar-refractivity contribution in [3.63, 3.8) is 0 Å². The Morgan fingerprint density at radius 1 is 1.37 bits per heavy atom. The molecule has 1 atom stereocenters. The van der Waals surface area contributed by atoms with Gasteiger partial charge in [-0.2, -0.15) is 0 Å². The lowest BCUT2D eigenvalue weighted by Gasteiger charge is -2.07. The summed E-state index contributed by atoms with van der Waals surface area (Å²) in [6.45, 7) is -0.450. The van der Waals surface area contributed by atoms with Crippen LogP contribution >= 0.6 is 0 Å². The lowest BCUT2D eigenvalue weighted by atomic mass is 10.1. The predicted molar refractivity (Wildman–Crippen MR) is 63.5 cm³/mol. The van der Waals surface area contributed by atoms with E-state index in [2.05, 4.69) is 5.32 Å². The summed E-state index contributed by atoms with van der Waals surface area (Å²) in [5.41, 5.74) is 0.0336. The van der Waals surface area contributed by atoms with Crippen LogP contribution in [0, 0.1) is 10.1 Å². The number of nitro benzene ring substituents is 1. The highest BCUT2D eigenvalue weighted by atomic mass is 16.6. The Bertz CT molecular complexity index is 502. The molecular formula is C11H12N2O6. The zero-order valence-electron chi connectivity index (χ0n) is 9.78. The summed E-state index contributed by atoms with van der Waals surface area (Å²) in [7, 11) is 0. The van der Waals surface area contributed by atoms with E-state index in [0.717, 1.165) is 0 Å². The molecule has 0 fully saturated rings. The molecule has 1 unspecified atom stereocenters. The average molecular weight is 268 g/mol. The van der Waals surface area contributed by atoms with Crippen molar-refractivity contribution in [2.45, 2.75) is 12.5 Å². The fraction of sp³-hybridized carbons (Fsp3) is 0.273. The van der Waals surface area contributed by atoms with Crippen LogP contribution in [-0.4, -0.2) is 39.7 Å². The lowest BCUT2D eigenvalue weighted by Crippen LogP contribution is -2.37. The Labute approximate surface area is 107 Å². The van der Waals surface area contributed by atoms with Crippen molar-refractivity contribution in [1.29, 1.82) is 0 Å². The third kappa shape index (κ3) is 4.36. The molecule has 0 aliphatic carbocycles. The maximum absolute atomic E-state index is 11.5. The topological polar surface area (TPSA) is 130 Å². The Balaban J connectivity index is 2.63. The summed E-state index contributed by atoms with van der Waals surface area (Å²) in [5, 5.41) is 30.3. The van der Waals surface area contributed by atoms with Crippen LogP contribution in [0.1, 0.15) is 5.56 Å². The number of nitro groups is 1. The number of nitrogens with zero attached hydrogens (tertiary/aromatic N) is 1. The lowest BCUT2D eigenvalue weighted by molar-refractivity contribution is -0.385. The van der Waals surface area contributed by atoms with Gasteiger partial charge >= 0.3 is 5.97 Å². The highest BCUT2D eigenvalue weighted by Gasteiger charge is 2.17. The van der Waals surface area contributed by atoms with E-state index in [1.165, 1.54) is 18.2 Å². The van der Waals surface area contributed by atoms with Gasteiger partial charge in [0.2, 0.25) is 5.91 Å². The van der Waals surface area contributed by atoms with Crippen LogP contribution in [0.25, 0.3) is 0 Å². The fourth-order valence-electron chi connectivity index (χ4n) is 1.37. The summed E-state index contributed by atoms with van der Waals surface area (Å²) in [4.78, 5) is 31.9. The number of hydrogen-bond acceptors (Lipinski definition) is 5. The van der Waals surface area contributed by atoms with Crippen LogP contribution in [0.15, 0.2) is 24.3 Å². The zero-order valence-corrected chi connectivity index (χ0v) is 9.78. The van der Waals surface area contributed by atoms with E-state index in [4.69, 9.17) is 10.2 Å². The van der Waals surface area contributed by atoms with Crippen LogP contribution in [0.3, 0.4) is 0 Å². The van der Waals surface area contributed by atoms with Crippen molar-refractivity contribution >= 4 is 17.6 Å². The summed E-state index contributed by atoms with van der Waals surface area (Å²) in [6, 6.07) is 5.75. The normalized spacial score (nSPS) is 11.6. The van der Waals surface area contributed by atoms with Crippen LogP contribution in [0.4, 0.5) is 5.69 Å². The van der Waals surface area contributed by atoms with Gasteiger partial charge in [-0.05, 0) is 0 Å². The Morgan fingerprint density at radius 2 is 2.00 bits per heavy atom. The first kappa shape index (κ1) is 14.6. The second-order valence-electron chi connectivity index (χ2n) is 3.72. The van der Waals surface area contributed by atoms with Crippen LogP contribution in [0.2, 0.25) is 0 Å². The van der Waals surface area contributed by atoms with Crippen LogP contribution in [-0.2, 0) is 16.0 Å². The molecule has 8 heteroatoms. The van der Waals surface area contributed by atoms with Crippen molar-refractivity contribution in [3.05, 3.63) is 39.9 Å². The second-order valence-corrected chi connectivity index (χ2v) is 3.72. The molecule has 1 amide bonds. The van der Waals surface area contributed by atoms with Crippen molar-refractivity contribution in [1.82, 2.24) is 5.32 Å². The number of carboxylic acid groups (broad SMARTS) is 1. The van der Waals surface area contributed by atoms with E-state index in [9.17, 15) is 19.7 Å². The molecule has 0 aliphatic heterocycles. The van der Waals surface area contributed by atoms with Crippen LogP contribution in [0.5, 0.6) is 0 Å². The molecule has 19 heavy (non-hydrogen) atoms. The first-order valence-electron chi connectivity index (χ1n) is 5.31. The minimum Gasteiger partial charge on any atom is -0.479 e. The highest BCUT2D eigenvalue weighted by molar-refractivity contribution is 5.80. The van der Waals surface area contributed by atoms with E-state index >= 15 is 0 Å². The maximum atomic E-state index is 11.5. The number of aliphatic carboxylic acids is 1. The van der Waals surface area contributed by atoms with E-state index in [1.807, 2.05) is 0 Å². The Hall–Kier alpha value is -2.48. The summed E-state index contributed by atoms with van der Waals surface area (Å²) >= 11 is 0. The van der Waals surface area contributed by atoms with Gasteiger partial charge in [0.25, 0.3) is 5.69 Å². The number of amides is 1. The number of carbonyl (C=O) groups is 2. The van der Waals surface area contributed by atoms with Gasteiger partial charge in [-0.15, -0.1) is 0 Å². The molecule has 0 heterocycles. The third-order valence-corrected chi connectivity index (χ3v) is 2.32. The molecule has 0 spiro atoms. The maximum Gasteiger partial charge on any atom is 0.334 e. The van der Waals surface area contributed by atoms with Crippen molar-refractivity contribution in [3.8, 4) is 0 Å². The number of benzene rings is 1. The molecule has 0 aliphatic rings. The van der Waals surface area contributed by atoms with E-state index < -0.39 is 29.4 Å².